The van der Waals surface area contributed by atoms with E-state index >= 15 is 0 Å². The van der Waals surface area contributed by atoms with E-state index < -0.39 is 18.0 Å². The van der Waals surface area contributed by atoms with Crippen molar-refractivity contribution in [2.75, 3.05) is 18.1 Å². The number of carbonyl (C=O) groups is 2. The molecule has 0 aromatic carbocycles. The number of urea groups is 1. The van der Waals surface area contributed by atoms with Crippen LogP contribution < -0.4 is 10.6 Å². The van der Waals surface area contributed by atoms with Crippen molar-refractivity contribution < 1.29 is 14.7 Å². The minimum atomic E-state index is -1.03. The Bertz CT molecular complexity index is 276. The lowest BCUT2D eigenvalue weighted by Crippen LogP contribution is -2.46. The molecule has 0 rings (SSSR count). The zero-order chi connectivity index (χ0) is 12.4. The van der Waals surface area contributed by atoms with Crippen LogP contribution in [0.15, 0.2) is 0 Å². The summed E-state index contributed by atoms with van der Waals surface area (Å²) in [4.78, 5) is 21.8. The van der Waals surface area contributed by atoms with Crippen LogP contribution in [0.5, 0.6) is 0 Å². The number of carboxylic acid groups (broad SMARTS) is 1. The molecule has 2 amide bonds. The lowest BCUT2D eigenvalue weighted by Gasteiger charge is -2.12. The van der Waals surface area contributed by atoms with Gasteiger partial charge in [0, 0.05) is 12.3 Å². The number of carbonyl (C=O) groups excluding carboxylic acids is 1. The van der Waals surface area contributed by atoms with Crippen LogP contribution in [0.3, 0.4) is 0 Å². The number of nitrogens with one attached hydrogen (secondary N) is 2. The highest BCUT2D eigenvalue weighted by molar-refractivity contribution is 7.99. The summed E-state index contributed by atoms with van der Waals surface area (Å²) in [6, 6.07) is -1.30. The molecule has 3 N–H and O–H groups in total. The van der Waals surface area contributed by atoms with Crippen molar-refractivity contribution in [1.29, 1.82) is 0 Å². The van der Waals surface area contributed by atoms with Crippen LogP contribution >= 0.6 is 11.8 Å². The maximum absolute atomic E-state index is 11.2. The van der Waals surface area contributed by atoms with Crippen LogP contribution in [0.2, 0.25) is 0 Å². The molecule has 6 heteroatoms. The Kier molecular flexibility index (Phi) is 8.17. The van der Waals surface area contributed by atoms with Gasteiger partial charge in [-0.3, -0.25) is 0 Å². The fourth-order valence-corrected chi connectivity index (χ4v) is 1.42. The predicted molar refractivity (Wildman–Crippen MR) is 64.4 cm³/mol. The fourth-order valence-electron chi connectivity index (χ4n) is 0.916. The second kappa shape index (κ2) is 8.92. The van der Waals surface area contributed by atoms with Crippen LogP contribution in [-0.4, -0.2) is 41.2 Å². The van der Waals surface area contributed by atoms with Gasteiger partial charge in [0.1, 0.15) is 6.04 Å². The van der Waals surface area contributed by atoms with E-state index in [1.165, 1.54) is 11.8 Å². The number of rotatable bonds is 7. The van der Waals surface area contributed by atoms with Gasteiger partial charge in [0.15, 0.2) is 0 Å². The Hall–Kier alpha value is -1.35. The summed E-state index contributed by atoms with van der Waals surface area (Å²) in [5.41, 5.74) is 0. The van der Waals surface area contributed by atoms with Crippen molar-refractivity contribution in [3.8, 4) is 12.3 Å². The van der Waals surface area contributed by atoms with Crippen molar-refractivity contribution in [3.63, 3.8) is 0 Å². The smallest absolute Gasteiger partial charge is 0.326 e. The summed E-state index contributed by atoms with van der Waals surface area (Å²) in [6.07, 6.45) is 5.41. The molecule has 1 unspecified atom stereocenters. The van der Waals surface area contributed by atoms with Gasteiger partial charge < -0.3 is 15.7 Å². The van der Waals surface area contributed by atoms with Crippen LogP contribution in [0.4, 0.5) is 4.79 Å². The zero-order valence-electron chi connectivity index (χ0n) is 9.16. The van der Waals surface area contributed by atoms with Crippen molar-refractivity contribution in [3.05, 3.63) is 0 Å². The molecular formula is C10H16N2O3S. The van der Waals surface area contributed by atoms with Crippen molar-refractivity contribution in [2.24, 2.45) is 0 Å². The van der Waals surface area contributed by atoms with E-state index in [2.05, 4.69) is 16.6 Å². The first-order valence-corrected chi connectivity index (χ1v) is 6.05. The number of hydrogen-bond acceptors (Lipinski definition) is 3. The average molecular weight is 244 g/mol. The Morgan fingerprint density at radius 2 is 2.25 bits per heavy atom. The van der Waals surface area contributed by atoms with Crippen LogP contribution in [0, 0.1) is 12.3 Å². The quantitative estimate of drug-likeness (QED) is 0.450. The van der Waals surface area contributed by atoms with Gasteiger partial charge in [0.2, 0.25) is 0 Å². The third-order valence-electron chi connectivity index (χ3n) is 1.73. The lowest BCUT2D eigenvalue weighted by molar-refractivity contribution is -0.139. The van der Waals surface area contributed by atoms with Crippen molar-refractivity contribution >= 4 is 23.8 Å². The summed E-state index contributed by atoms with van der Waals surface area (Å²) >= 11 is 1.53. The first kappa shape index (κ1) is 14.6. The first-order valence-electron chi connectivity index (χ1n) is 4.90. The van der Waals surface area contributed by atoms with Gasteiger partial charge in [-0.1, -0.05) is 12.8 Å². The largest absolute Gasteiger partial charge is 0.480 e. The highest BCUT2D eigenvalue weighted by atomic mass is 32.2. The molecule has 0 radical (unpaired) electrons. The Morgan fingerprint density at radius 1 is 1.56 bits per heavy atom. The summed E-state index contributed by atoms with van der Waals surface area (Å²) in [7, 11) is 0. The van der Waals surface area contributed by atoms with E-state index in [4.69, 9.17) is 11.5 Å². The van der Waals surface area contributed by atoms with Gasteiger partial charge in [-0.05, 0) is 6.42 Å². The number of terminal acetylenes is 1. The molecule has 0 aromatic heterocycles. The number of hydrogen-bond donors (Lipinski definition) is 3. The molecule has 0 aliphatic heterocycles. The van der Waals surface area contributed by atoms with E-state index in [1.54, 1.807) is 6.92 Å². The number of aliphatic carboxylic acids is 1. The van der Waals surface area contributed by atoms with Gasteiger partial charge in [-0.15, -0.1) is 18.2 Å². The van der Waals surface area contributed by atoms with Gasteiger partial charge in [0.25, 0.3) is 0 Å². The Labute approximate surface area is 99.4 Å². The van der Waals surface area contributed by atoms with Crippen LogP contribution in [0.1, 0.15) is 13.3 Å². The fraction of sp³-hybridized carbons (Fsp3) is 0.600. The minimum absolute atomic E-state index is 0.356. The Balaban J connectivity index is 3.65. The predicted octanol–water partition coefficient (Wildman–Crippen LogP) is 0.515. The third-order valence-corrected chi connectivity index (χ3v) is 2.59. The molecule has 0 aromatic rings. The molecule has 0 bridgehead atoms. The number of amides is 2. The molecule has 0 saturated carbocycles. The van der Waals surface area contributed by atoms with E-state index in [9.17, 15) is 9.59 Å². The van der Waals surface area contributed by atoms with E-state index in [-0.39, 0.29) is 0 Å². The van der Waals surface area contributed by atoms with E-state index in [0.29, 0.717) is 24.5 Å². The summed E-state index contributed by atoms with van der Waals surface area (Å²) in [6.45, 7) is 2.16. The monoisotopic (exact) mass is 244 g/mol. The standard InChI is InChI=1S/C10H16N2O3S/c1-3-6-16-7-5-11-10(15)12-8(4-2)9(13)14/h1,8H,4-7H2,2H3,(H,13,14)(H2,11,12,15). The second-order valence-electron chi connectivity index (χ2n) is 2.96. The molecule has 0 saturated heterocycles. The lowest BCUT2D eigenvalue weighted by atomic mass is 10.2. The molecule has 0 aliphatic carbocycles. The number of carboxylic acids is 1. The van der Waals surface area contributed by atoms with Gasteiger partial charge in [-0.25, -0.2) is 9.59 Å². The molecule has 16 heavy (non-hydrogen) atoms. The third kappa shape index (κ3) is 7.01. The SMILES string of the molecule is C#CCSCCNC(=O)NC(CC)C(=O)O. The van der Waals surface area contributed by atoms with Crippen molar-refractivity contribution in [1.82, 2.24) is 10.6 Å². The molecule has 0 fully saturated rings. The molecule has 5 nitrogen and oxygen atoms in total. The molecule has 90 valence electrons. The van der Waals surface area contributed by atoms with Crippen LogP contribution in [-0.2, 0) is 4.79 Å². The zero-order valence-corrected chi connectivity index (χ0v) is 9.97. The average Bonchev–Trinajstić information content (AvgIpc) is 2.25. The van der Waals surface area contributed by atoms with E-state index in [1.807, 2.05) is 0 Å². The summed E-state index contributed by atoms with van der Waals surface area (Å²) in [5, 5.41) is 13.6. The maximum Gasteiger partial charge on any atom is 0.326 e. The summed E-state index contributed by atoms with van der Waals surface area (Å²) in [5.74, 6) is 2.76. The van der Waals surface area contributed by atoms with Gasteiger partial charge in [-0.2, -0.15) is 0 Å². The maximum atomic E-state index is 11.2. The first-order chi connectivity index (χ1) is 7.61. The van der Waals surface area contributed by atoms with Crippen molar-refractivity contribution in [2.45, 2.75) is 19.4 Å². The Morgan fingerprint density at radius 3 is 2.75 bits per heavy atom. The van der Waals surface area contributed by atoms with E-state index in [0.717, 1.165) is 0 Å². The highest BCUT2D eigenvalue weighted by Crippen LogP contribution is 1.95. The van der Waals surface area contributed by atoms with Gasteiger partial charge >= 0.3 is 12.0 Å². The molecule has 1 atom stereocenters. The molecule has 0 spiro atoms. The van der Waals surface area contributed by atoms with Gasteiger partial charge in [0.05, 0.1) is 5.75 Å². The summed E-state index contributed by atoms with van der Waals surface area (Å²) < 4.78 is 0. The topological polar surface area (TPSA) is 78.4 Å². The molecule has 0 heterocycles. The molecule has 0 aliphatic rings. The highest BCUT2D eigenvalue weighted by Gasteiger charge is 2.16. The second-order valence-corrected chi connectivity index (χ2v) is 4.06. The minimum Gasteiger partial charge on any atom is -0.480 e. The molecular weight excluding hydrogens is 228 g/mol. The number of thioether (sulfide) groups is 1. The normalized spacial score (nSPS) is 11.2. The van der Waals surface area contributed by atoms with Crippen LogP contribution in [0.25, 0.3) is 0 Å².